The molecule has 6 heteroatoms. The van der Waals surface area contributed by atoms with Gasteiger partial charge in [0.1, 0.15) is 23.9 Å². The van der Waals surface area contributed by atoms with Crippen LogP contribution in [0.15, 0.2) is 106 Å². The molecule has 0 N–H and O–H groups in total. The lowest BCUT2D eigenvalue weighted by Crippen LogP contribution is -1.97. The first-order valence-electron chi connectivity index (χ1n) is 10.2. The summed E-state index contributed by atoms with van der Waals surface area (Å²) in [6.45, 7) is 0.409. The lowest BCUT2D eigenvalue weighted by molar-refractivity contribution is 0.305. The summed E-state index contributed by atoms with van der Waals surface area (Å²) in [7, 11) is -1.52. The second-order valence-electron chi connectivity index (χ2n) is 7.42. The second kappa shape index (κ2) is 9.33. The number of ether oxygens (including phenoxy) is 2. The standard InChI is InChI=1S/C27H18BrFO3S/c28-20-8-12-22(13-9-20)32-26-24-15-14-23(31-17-18-4-2-1-3-5-18)16-25(24)33(30)27(26)19-6-10-21(29)11-7-19/h1-16H,17H2. The molecular formula is C27H18BrFO3S. The van der Waals surface area contributed by atoms with Crippen LogP contribution in [-0.4, -0.2) is 4.21 Å². The van der Waals surface area contributed by atoms with Crippen molar-refractivity contribution < 1.29 is 18.1 Å². The van der Waals surface area contributed by atoms with Crippen molar-refractivity contribution in [2.24, 2.45) is 0 Å². The summed E-state index contributed by atoms with van der Waals surface area (Å²) in [6, 6.07) is 28.7. The van der Waals surface area contributed by atoms with Gasteiger partial charge in [-0.25, -0.2) is 8.60 Å². The third-order valence-electron chi connectivity index (χ3n) is 5.18. The zero-order valence-corrected chi connectivity index (χ0v) is 19.7. The van der Waals surface area contributed by atoms with E-state index in [1.54, 1.807) is 18.2 Å². The summed E-state index contributed by atoms with van der Waals surface area (Å²) in [5.74, 6) is 1.37. The Balaban J connectivity index is 1.51. The molecule has 0 amide bonds. The van der Waals surface area contributed by atoms with Gasteiger partial charge in [0.25, 0.3) is 0 Å². The predicted octanol–water partition coefficient (Wildman–Crippen LogP) is 7.19. The summed E-state index contributed by atoms with van der Waals surface area (Å²) < 4.78 is 40.2. The Kier molecular flexibility index (Phi) is 6.11. The maximum absolute atomic E-state index is 13.6. The van der Waals surface area contributed by atoms with Crippen LogP contribution >= 0.6 is 15.9 Å². The molecule has 0 radical (unpaired) electrons. The zero-order valence-electron chi connectivity index (χ0n) is 17.3. The fourth-order valence-electron chi connectivity index (χ4n) is 3.55. The average molecular weight is 521 g/mol. The first-order chi connectivity index (χ1) is 16.1. The van der Waals surface area contributed by atoms with Crippen LogP contribution in [0.3, 0.4) is 0 Å². The van der Waals surface area contributed by atoms with Crippen LogP contribution in [0.2, 0.25) is 0 Å². The van der Waals surface area contributed by atoms with Gasteiger partial charge in [-0.1, -0.05) is 58.4 Å². The molecule has 0 bridgehead atoms. The van der Waals surface area contributed by atoms with Gasteiger partial charge >= 0.3 is 0 Å². The molecule has 0 fully saturated rings. The molecule has 0 spiro atoms. The largest absolute Gasteiger partial charge is 0.489 e. The molecule has 33 heavy (non-hydrogen) atoms. The van der Waals surface area contributed by atoms with Crippen LogP contribution in [0.1, 0.15) is 16.7 Å². The van der Waals surface area contributed by atoms with Crippen LogP contribution in [0.5, 0.6) is 11.5 Å². The van der Waals surface area contributed by atoms with Gasteiger partial charge < -0.3 is 9.47 Å². The molecule has 164 valence electrons. The van der Waals surface area contributed by atoms with Crippen molar-refractivity contribution in [3.8, 4) is 11.5 Å². The lowest BCUT2D eigenvalue weighted by Gasteiger charge is -2.11. The molecule has 1 atom stereocenters. The van der Waals surface area contributed by atoms with Crippen LogP contribution < -0.4 is 9.47 Å². The van der Waals surface area contributed by atoms with Crippen molar-refractivity contribution in [1.29, 1.82) is 0 Å². The fourth-order valence-corrected chi connectivity index (χ4v) is 5.29. The van der Waals surface area contributed by atoms with E-state index in [0.717, 1.165) is 15.6 Å². The van der Waals surface area contributed by atoms with E-state index in [9.17, 15) is 8.60 Å². The van der Waals surface area contributed by atoms with Crippen molar-refractivity contribution in [3.05, 3.63) is 124 Å². The molecule has 1 unspecified atom stereocenters. The monoisotopic (exact) mass is 520 g/mol. The number of halogens is 2. The Morgan fingerprint density at radius 3 is 2.24 bits per heavy atom. The highest BCUT2D eigenvalue weighted by Gasteiger charge is 2.32. The highest BCUT2D eigenvalue weighted by Crippen LogP contribution is 2.44. The van der Waals surface area contributed by atoms with Gasteiger partial charge in [0.2, 0.25) is 0 Å². The van der Waals surface area contributed by atoms with E-state index in [1.807, 2.05) is 66.7 Å². The summed E-state index contributed by atoms with van der Waals surface area (Å²) >= 11 is 3.42. The van der Waals surface area contributed by atoms with Crippen LogP contribution in [0.25, 0.3) is 10.7 Å². The van der Waals surface area contributed by atoms with Gasteiger partial charge in [0.05, 0.1) is 20.6 Å². The summed E-state index contributed by atoms with van der Waals surface area (Å²) in [4.78, 5) is 1.11. The number of hydrogen-bond donors (Lipinski definition) is 0. The van der Waals surface area contributed by atoms with E-state index >= 15 is 0 Å². The van der Waals surface area contributed by atoms with Crippen molar-refractivity contribution >= 4 is 37.4 Å². The molecule has 1 aliphatic heterocycles. The molecule has 4 aromatic carbocycles. The maximum atomic E-state index is 13.6. The van der Waals surface area contributed by atoms with Crippen LogP contribution in [0, 0.1) is 5.82 Å². The van der Waals surface area contributed by atoms with Gasteiger partial charge in [-0.3, -0.25) is 0 Å². The maximum Gasteiger partial charge on any atom is 0.152 e. The fraction of sp³-hybridized carbons (Fsp3) is 0.0370. The van der Waals surface area contributed by atoms with E-state index in [1.165, 1.54) is 12.1 Å². The number of hydrogen-bond acceptors (Lipinski definition) is 3. The molecule has 1 aliphatic rings. The molecule has 1 heterocycles. The Hall–Kier alpha value is -3.22. The summed E-state index contributed by atoms with van der Waals surface area (Å²) in [6.07, 6.45) is 0. The van der Waals surface area contributed by atoms with Gasteiger partial charge in [-0.15, -0.1) is 0 Å². The first kappa shape index (κ1) is 21.6. The molecule has 5 rings (SSSR count). The molecule has 0 aromatic heterocycles. The second-order valence-corrected chi connectivity index (χ2v) is 9.72. The zero-order chi connectivity index (χ0) is 22.8. The minimum Gasteiger partial charge on any atom is -0.489 e. The predicted molar refractivity (Wildman–Crippen MR) is 132 cm³/mol. The third kappa shape index (κ3) is 4.63. The van der Waals surface area contributed by atoms with Gasteiger partial charge in [-0.05, 0) is 65.7 Å². The normalized spacial score (nSPS) is 14.8. The van der Waals surface area contributed by atoms with E-state index < -0.39 is 10.8 Å². The van der Waals surface area contributed by atoms with Gasteiger partial charge in [0.15, 0.2) is 5.76 Å². The van der Waals surface area contributed by atoms with Crippen LogP contribution in [-0.2, 0) is 17.4 Å². The van der Waals surface area contributed by atoms with E-state index in [0.29, 0.717) is 39.2 Å². The SMILES string of the molecule is O=S1C(c2ccc(F)cc2)=C(Oc2ccc(Br)cc2)c2ccc(OCc3ccccc3)cc21. The smallest absolute Gasteiger partial charge is 0.152 e. The quantitative estimate of drug-likeness (QED) is 0.269. The number of fused-ring (bicyclic) bond motifs is 1. The molecule has 0 aliphatic carbocycles. The summed E-state index contributed by atoms with van der Waals surface area (Å²) in [5, 5.41) is 0. The molecule has 0 saturated carbocycles. The molecule has 0 saturated heterocycles. The highest BCUT2D eigenvalue weighted by molar-refractivity contribution is 9.10. The number of rotatable bonds is 6. The lowest BCUT2D eigenvalue weighted by atomic mass is 10.1. The van der Waals surface area contributed by atoms with E-state index in [2.05, 4.69) is 15.9 Å². The van der Waals surface area contributed by atoms with Crippen molar-refractivity contribution in [1.82, 2.24) is 0 Å². The van der Waals surface area contributed by atoms with E-state index in [4.69, 9.17) is 9.47 Å². The van der Waals surface area contributed by atoms with Gasteiger partial charge in [0, 0.05) is 10.0 Å². The Labute approximate surface area is 202 Å². The minimum atomic E-state index is -1.52. The number of benzene rings is 4. The first-order valence-corrected chi connectivity index (χ1v) is 12.2. The van der Waals surface area contributed by atoms with Crippen molar-refractivity contribution in [2.75, 3.05) is 0 Å². The topological polar surface area (TPSA) is 35.5 Å². The van der Waals surface area contributed by atoms with Crippen molar-refractivity contribution in [2.45, 2.75) is 11.5 Å². The molecular weight excluding hydrogens is 503 g/mol. The minimum absolute atomic E-state index is 0.354. The summed E-state index contributed by atoms with van der Waals surface area (Å²) in [5.41, 5.74) is 2.41. The molecule has 3 nitrogen and oxygen atoms in total. The van der Waals surface area contributed by atoms with Crippen LogP contribution in [0.4, 0.5) is 4.39 Å². The molecule has 4 aromatic rings. The van der Waals surface area contributed by atoms with Crippen molar-refractivity contribution in [3.63, 3.8) is 0 Å². The Bertz CT molecular complexity index is 1350. The average Bonchev–Trinajstić information content (AvgIpc) is 3.11. The Morgan fingerprint density at radius 2 is 1.52 bits per heavy atom. The Morgan fingerprint density at radius 1 is 0.818 bits per heavy atom. The third-order valence-corrected chi connectivity index (χ3v) is 7.24. The van der Waals surface area contributed by atoms with Gasteiger partial charge in [-0.2, -0.15) is 0 Å². The van der Waals surface area contributed by atoms with E-state index in [-0.39, 0.29) is 5.82 Å². The highest BCUT2D eigenvalue weighted by atomic mass is 79.9.